The molecule has 2 aromatic carbocycles. The fraction of sp³-hybridized carbons (Fsp3) is 0.391. The Morgan fingerprint density at radius 3 is 2.57 bits per heavy atom. The van der Waals surface area contributed by atoms with Crippen LogP contribution in [0.15, 0.2) is 53.5 Å². The lowest BCUT2D eigenvalue weighted by Crippen LogP contribution is -2.38. The summed E-state index contributed by atoms with van der Waals surface area (Å²) in [6, 6.07) is 14.8. The lowest BCUT2D eigenvalue weighted by Gasteiger charge is -2.22. The van der Waals surface area contributed by atoms with E-state index in [2.05, 4.69) is 23.5 Å². The smallest absolute Gasteiger partial charge is 0.222 e. The van der Waals surface area contributed by atoms with Crippen molar-refractivity contribution in [2.24, 2.45) is 4.99 Å². The molecule has 1 fully saturated rings. The van der Waals surface area contributed by atoms with Crippen molar-refractivity contribution < 1.29 is 9.18 Å². The van der Waals surface area contributed by atoms with Gasteiger partial charge in [-0.25, -0.2) is 9.38 Å². The van der Waals surface area contributed by atoms with Gasteiger partial charge in [-0.1, -0.05) is 36.4 Å². The van der Waals surface area contributed by atoms with E-state index in [4.69, 9.17) is 4.99 Å². The molecule has 1 N–H and O–H groups in total. The van der Waals surface area contributed by atoms with Crippen LogP contribution in [0.4, 0.5) is 4.39 Å². The molecule has 0 aliphatic carbocycles. The van der Waals surface area contributed by atoms with Crippen molar-refractivity contribution >= 4 is 35.8 Å². The van der Waals surface area contributed by atoms with Crippen LogP contribution in [0.5, 0.6) is 0 Å². The Bertz CT molecular complexity index is 857. The van der Waals surface area contributed by atoms with Crippen LogP contribution in [-0.4, -0.2) is 41.8 Å². The summed E-state index contributed by atoms with van der Waals surface area (Å²) < 4.78 is 13.1. The summed E-state index contributed by atoms with van der Waals surface area (Å²) >= 11 is 0. The van der Waals surface area contributed by atoms with E-state index in [9.17, 15) is 9.18 Å². The van der Waals surface area contributed by atoms with Gasteiger partial charge in [0.15, 0.2) is 5.96 Å². The molecule has 0 saturated carbocycles. The quantitative estimate of drug-likeness (QED) is 0.336. The van der Waals surface area contributed by atoms with Crippen molar-refractivity contribution in [3.8, 4) is 0 Å². The minimum Gasteiger partial charge on any atom is -0.357 e. The van der Waals surface area contributed by atoms with E-state index in [1.807, 2.05) is 29.8 Å². The maximum Gasteiger partial charge on any atom is 0.222 e. The zero-order chi connectivity index (χ0) is 20.6. The lowest BCUT2D eigenvalue weighted by molar-refractivity contribution is -0.128. The van der Waals surface area contributed by atoms with Gasteiger partial charge in [0.25, 0.3) is 0 Å². The number of hydrogen-bond donors (Lipinski definition) is 1. The number of aliphatic imine (C=N–C) groups is 1. The second-order valence-electron chi connectivity index (χ2n) is 7.39. The van der Waals surface area contributed by atoms with Gasteiger partial charge in [0.2, 0.25) is 5.91 Å². The van der Waals surface area contributed by atoms with Crippen LogP contribution >= 0.6 is 24.0 Å². The number of nitrogens with zero attached hydrogens (tertiary/aromatic N) is 3. The first-order valence-corrected chi connectivity index (χ1v) is 10.1. The third-order valence-electron chi connectivity index (χ3n) is 4.98. The van der Waals surface area contributed by atoms with Crippen LogP contribution in [0.3, 0.4) is 0 Å². The van der Waals surface area contributed by atoms with Gasteiger partial charge < -0.3 is 15.1 Å². The number of amides is 1. The van der Waals surface area contributed by atoms with E-state index >= 15 is 0 Å². The van der Waals surface area contributed by atoms with Crippen LogP contribution in [0.1, 0.15) is 36.5 Å². The van der Waals surface area contributed by atoms with Gasteiger partial charge in [-0.3, -0.25) is 4.79 Å². The molecule has 2 aromatic rings. The highest BCUT2D eigenvalue weighted by atomic mass is 127. The average molecular weight is 524 g/mol. The van der Waals surface area contributed by atoms with Gasteiger partial charge >= 0.3 is 0 Å². The summed E-state index contributed by atoms with van der Waals surface area (Å²) in [5, 5.41) is 3.31. The molecule has 7 heteroatoms. The molecular formula is C23H30FIN4O. The number of carbonyl (C=O) groups excluding carboxylic acids is 1. The molecule has 0 unspecified atom stereocenters. The number of carbonyl (C=O) groups is 1. The van der Waals surface area contributed by atoms with Gasteiger partial charge in [0.1, 0.15) is 5.82 Å². The highest BCUT2D eigenvalue weighted by molar-refractivity contribution is 14.0. The number of guanidine groups is 1. The summed E-state index contributed by atoms with van der Waals surface area (Å²) in [7, 11) is 1.97. The average Bonchev–Trinajstić information content (AvgIpc) is 3.11. The van der Waals surface area contributed by atoms with Crippen molar-refractivity contribution in [3.05, 3.63) is 71.0 Å². The third kappa shape index (κ3) is 6.97. The first kappa shape index (κ1) is 24.1. The number of hydrogen-bond acceptors (Lipinski definition) is 2. The van der Waals surface area contributed by atoms with E-state index in [0.29, 0.717) is 26.1 Å². The molecule has 1 amide bonds. The summed E-state index contributed by atoms with van der Waals surface area (Å²) in [6.07, 6.45) is 1.62. The molecule has 0 radical (unpaired) electrons. The second-order valence-corrected chi connectivity index (χ2v) is 7.39. The van der Waals surface area contributed by atoms with Gasteiger partial charge in [0.05, 0.1) is 6.54 Å². The molecule has 162 valence electrons. The molecule has 0 atom stereocenters. The second kappa shape index (κ2) is 11.9. The van der Waals surface area contributed by atoms with Gasteiger partial charge in [-0.05, 0) is 42.2 Å². The normalized spacial score (nSPS) is 13.9. The van der Waals surface area contributed by atoms with Gasteiger partial charge in [-0.2, -0.15) is 0 Å². The van der Waals surface area contributed by atoms with Crippen LogP contribution in [0.25, 0.3) is 0 Å². The molecule has 0 bridgehead atoms. The number of rotatable bonds is 7. The molecule has 5 nitrogen and oxygen atoms in total. The van der Waals surface area contributed by atoms with Gasteiger partial charge in [0, 0.05) is 39.6 Å². The molecule has 1 saturated heterocycles. The molecule has 3 rings (SSSR count). The molecule has 0 aromatic heterocycles. The Hall–Kier alpha value is -2.16. The van der Waals surface area contributed by atoms with Crippen molar-refractivity contribution in [1.82, 2.24) is 15.1 Å². The highest BCUT2D eigenvalue weighted by Gasteiger charge is 2.19. The first-order chi connectivity index (χ1) is 14.0. The van der Waals surface area contributed by atoms with Crippen LogP contribution < -0.4 is 5.32 Å². The van der Waals surface area contributed by atoms with Crippen LogP contribution in [0, 0.1) is 5.82 Å². The van der Waals surface area contributed by atoms with E-state index < -0.39 is 0 Å². The molecule has 1 aliphatic rings. The Labute approximate surface area is 195 Å². The maximum atomic E-state index is 13.1. The summed E-state index contributed by atoms with van der Waals surface area (Å²) in [4.78, 5) is 20.6. The zero-order valence-corrected chi connectivity index (χ0v) is 19.9. The monoisotopic (exact) mass is 524 g/mol. The van der Waals surface area contributed by atoms with Crippen molar-refractivity contribution in [3.63, 3.8) is 0 Å². The Kier molecular flexibility index (Phi) is 9.55. The number of nitrogens with one attached hydrogen (secondary N) is 1. The fourth-order valence-corrected chi connectivity index (χ4v) is 3.49. The van der Waals surface area contributed by atoms with E-state index in [-0.39, 0.29) is 35.7 Å². The maximum absolute atomic E-state index is 13.1. The summed E-state index contributed by atoms with van der Waals surface area (Å²) in [5.74, 6) is 0.815. The number of benzene rings is 2. The fourth-order valence-electron chi connectivity index (χ4n) is 3.49. The SMILES string of the molecule is CCNC(=NCc1cccc(CN2CCCC2=O)c1)N(C)Cc1ccc(F)cc1.I. The predicted molar refractivity (Wildman–Crippen MR) is 129 cm³/mol. The van der Waals surface area contributed by atoms with E-state index in [0.717, 1.165) is 42.2 Å². The zero-order valence-electron chi connectivity index (χ0n) is 17.6. The topological polar surface area (TPSA) is 47.9 Å². The van der Waals surface area contributed by atoms with Crippen LogP contribution in [0.2, 0.25) is 0 Å². The van der Waals surface area contributed by atoms with E-state index in [1.54, 1.807) is 12.1 Å². The minimum absolute atomic E-state index is 0. The highest BCUT2D eigenvalue weighted by Crippen LogP contribution is 2.16. The third-order valence-corrected chi connectivity index (χ3v) is 4.98. The van der Waals surface area contributed by atoms with E-state index in [1.165, 1.54) is 12.1 Å². The molecule has 1 aliphatic heterocycles. The van der Waals surface area contributed by atoms with Crippen LogP contribution in [-0.2, 0) is 24.4 Å². The Morgan fingerprint density at radius 2 is 1.90 bits per heavy atom. The van der Waals surface area contributed by atoms with Crippen molar-refractivity contribution in [2.45, 2.75) is 39.4 Å². The lowest BCUT2D eigenvalue weighted by atomic mass is 10.1. The Morgan fingerprint density at radius 1 is 1.17 bits per heavy atom. The summed E-state index contributed by atoms with van der Waals surface area (Å²) in [5.41, 5.74) is 3.27. The number of halogens is 2. The minimum atomic E-state index is -0.229. The predicted octanol–water partition coefficient (Wildman–Crippen LogP) is 4.16. The van der Waals surface area contributed by atoms with Crippen molar-refractivity contribution in [2.75, 3.05) is 20.1 Å². The summed E-state index contributed by atoms with van der Waals surface area (Å²) in [6.45, 7) is 5.51. The largest absolute Gasteiger partial charge is 0.357 e. The molecular weight excluding hydrogens is 494 g/mol. The first-order valence-electron chi connectivity index (χ1n) is 10.1. The number of likely N-dealkylation sites (tertiary alicyclic amines) is 1. The molecule has 1 heterocycles. The standard InChI is InChI=1S/C23H29FN4O.HI/c1-3-25-23(27(2)16-18-9-11-21(24)12-10-18)26-15-19-6-4-7-20(14-19)17-28-13-5-8-22(28)29;/h4,6-7,9-12,14H,3,5,8,13,15-17H2,1-2H3,(H,25,26);1H. The molecule has 30 heavy (non-hydrogen) atoms. The molecule has 0 spiro atoms. The Balaban J connectivity index is 0.00000320. The van der Waals surface area contributed by atoms with Crippen molar-refractivity contribution in [1.29, 1.82) is 0 Å². The van der Waals surface area contributed by atoms with Gasteiger partial charge in [-0.15, -0.1) is 24.0 Å².